The van der Waals surface area contributed by atoms with E-state index in [2.05, 4.69) is 21.2 Å². The highest BCUT2D eigenvalue weighted by Gasteiger charge is 2.35. The quantitative estimate of drug-likeness (QED) is 0.280. The zero-order valence-electron chi connectivity index (χ0n) is 16.6. The minimum atomic E-state index is -4.60. The Morgan fingerprint density at radius 1 is 0.938 bits per heavy atom. The van der Waals surface area contributed by atoms with Gasteiger partial charge in [0.2, 0.25) is 6.41 Å². The van der Waals surface area contributed by atoms with E-state index in [1.54, 1.807) is 12.1 Å². The maximum Gasteiger partial charge on any atom is 0.417 e. The third-order valence-corrected chi connectivity index (χ3v) is 5.76. The van der Waals surface area contributed by atoms with E-state index < -0.39 is 11.7 Å². The molecule has 0 aromatic heterocycles. The second kappa shape index (κ2) is 9.04. The molecule has 4 aromatic rings. The van der Waals surface area contributed by atoms with Gasteiger partial charge in [-0.25, -0.2) is 0 Å². The Morgan fingerprint density at radius 2 is 1.69 bits per heavy atom. The Balaban J connectivity index is 1.73. The van der Waals surface area contributed by atoms with Crippen molar-refractivity contribution >= 4 is 38.8 Å². The van der Waals surface area contributed by atoms with E-state index in [0.717, 1.165) is 22.4 Å². The van der Waals surface area contributed by atoms with E-state index in [4.69, 9.17) is 4.74 Å². The average Bonchev–Trinajstić information content (AvgIpc) is 2.78. The minimum Gasteiger partial charge on any atom is -0.489 e. The predicted molar refractivity (Wildman–Crippen MR) is 123 cm³/mol. The van der Waals surface area contributed by atoms with Crippen LogP contribution in [0.5, 0.6) is 5.75 Å². The summed E-state index contributed by atoms with van der Waals surface area (Å²) in [5.74, 6) is 0.408. The van der Waals surface area contributed by atoms with Gasteiger partial charge in [0, 0.05) is 21.3 Å². The lowest BCUT2D eigenvalue weighted by molar-refractivity contribution is -0.137. The van der Waals surface area contributed by atoms with Gasteiger partial charge in [0.25, 0.3) is 0 Å². The molecule has 0 saturated heterocycles. The zero-order chi connectivity index (χ0) is 22.7. The van der Waals surface area contributed by atoms with Crippen molar-refractivity contribution in [3.8, 4) is 16.9 Å². The standard InChI is InChI=1S/C25H17BrF3NO2/c26-22-12-11-18(32-14-17-7-3-6-16-5-1-2-8-19(16)17)13-20(22)24-21(25(27,28)29)9-4-10-23(24)30-15-31/h1-13,15H,14H2,(H,30,31). The molecule has 0 bridgehead atoms. The Kier molecular flexibility index (Phi) is 6.19. The van der Waals surface area contributed by atoms with E-state index in [-0.39, 0.29) is 23.4 Å². The fraction of sp³-hybridized carbons (Fsp3) is 0.0800. The summed E-state index contributed by atoms with van der Waals surface area (Å²) < 4.78 is 47.6. The van der Waals surface area contributed by atoms with Crippen molar-refractivity contribution in [1.29, 1.82) is 0 Å². The smallest absolute Gasteiger partial charge is 0.417 e. The Bertz CT molecular complexity index is 1280. The van der Waals surface area contributed by atoms with Crippen LogP contribution in [0, 0.1) is 0 Å². The number of hydrogen-bond acceptors (Lipinski definition) is 2. The van der Waals surface area contributed by atoms with Gasteiger partial charge in [0.05, 0.1) is 5.56 Å². The maximum atomic E-state index is 13.7. The van der Waals surface area contributed by atoms with Crippen LogP contribution in [0.3, 0.4) is 0 Å². The number of halogens is 4. The molecular formula is C25H17BrF3NO2. The molecule has 0 atom stereocenters. The molecule has 0 aliphatic rings. The van der Waals surface area contributed by atoms with Crippen molar-refractivity contribution in [2.24, 2.45) is 0 Å². The first kappa shape index (κ1) is 21.9. The number of fused-ring (bicyclic) bond motifs is 1. The largest absolute Gasteiger partial charge is 0.489 e. The van der Waals surface area contributed by atoms with Crippen LogP contribution in [0.2, 0.25) is 0 Å². The monoisotopic (exact) mass is 499 g/mol. The minimum absolute atomic E-state index is 0.0572. The molecule has 162 valence electrons. The highest BCUT2D eigenvalue weighted by Crippen LogP contribution is 2.44. The fourth-order valence-corrected chi connectivity index (χ4v) is 4.07. The van der Waals surface area contributed by atoms with Gasteiger partial charge < -0.3 is 10.1 Å². The van der Waals surface area contributed by atoms with Crippen LogP contribution in [0.15, 0.2) is 83.3 Å². The van der Waals surface area contributed by atoms with Crippen LogP contribution < -0.4 is 10.1 Å². The van der Waals surface area contributed by atoms with Crippen molar-refractivity contribution in [2.75, 3.05) is 5.32 Å². The molecule has 0 spiro atoms. The third kappa shape index (κ3) is 4.48. The normalized spacial score (nSPS) is 11.4. The molecule has 32 heavy (non-hydrogen) atoms. The summed E-state index contributed by atoms with van der Waals surface area (Å²) in [5, 5.41) is 4.50. The van der Waals surface area contributed by atoms with Crippen molar-refractivity contribution < 1.29 is 22.7 Å². The average molecular weight is 500 g/mol. The SMILES string of the molecule is O=CNc1cccc(C(F)(F)F)c1-c1cc(OCc2cccc3ccccc23)ccc1Br. The van der Waals surface area contributed by atoms with Gasteiger partial charge in [-0.05, 0) is 46.7 Å². The summed E-state index contributed by atoms with van der Waals surface area (Å²) in [6.07, 6.45) is -4.25. The van der Waals surface area contributed by atoms with Gasteiger partial charge in [-0.3, -0.25) is 4.79 Å². The molecule has 4 rings (SSSR count). The summed E-state index contributed by atoms with van der Waals surface area (Å²) in [4.78, 5) is 11.0. The predicted octanol–water partition coefficient (Wildman–Crippen LogP) is 7.44. The number of ether oxygens (including phenoxy) is 1. The van der Waals surface area contributed by atoms with Gasteiger partial charge in [0.15, 0.2) is 0 Å². The summed E-state index contributed by atoms with van der Waals surface area (Å²) in [5.41, 5.74) is 0.303. The molecule has 0 heterocycles. The van der Waals surface area contributed by atoms with Crippen LogP contribution in [-0.4, -0.2) is 6.41 Å². The van der Waals surface area contributed by atoms with Gasteiger partial charge in [0.1, 0.15) is 12.4 Å². The number of benzene rings is 4. The van der Waals surface area contributed by atoms with Crippen LogP contribution in [0.1, 0.15) is 11.1 Å². The summed E-state index contributed by atoms with van der Waals surface area (Å²) in [7, 11) is 0. The number of amides is 1. The maximum absolute atomic E-state index is 13.7. The number of carbonyl (C=O) groups excluding carboxylic acids is 1. The van der Waals surface area contributed by atoms with Gasteiger partial charge >= 0.3 is 6.18 Å². The lowest BCUT2D eigenvalue weighted by atomic mass is 9.97. The molecule has 0 radical (unpaired) electrons. The fourth-order valence-electron chi connectivity index (χ4n) is 3.63. The molecule has 7 heteroatoms. The summed E-state index contributed by atoms with van der Waals surface area (Å²) in [6.45, 7) is 0.253. The van der Waals surface area contributed by atoms with E-state index in [0.29, 0.717) is 16.6 Å². The zero-order valence-corrected chi connectivity index (χ0v) is 18.2. The first-order valence-electron chi connectivity index (χ1n) is 9.68. The van der Waals surface area contributed by atoms with Crippen molar-refractivity contribution in [2.45, 2.75) is 12.8 Å². The second-order valence-corrected chi connectivity index (χ2v) is 7.91. The van der Waals surface area contributed by atoms with Crippen LogP contribution in [-0.2, 0) is 17.6 Å². The number of anilines is 1. The Morgan fingerprint density at radius 3 is 2.47 bits per heavy atom. The molecule has 0 aliphatic heterocycles. The molecule has 0 aliphatic carbocycles. The second-order valence-electron chi connectivity index (χ2n) is 7.06. The molecule has 0 saturated carbocycles. The Hall–Kier alpha value is -3.32. The first-order chi connectivity index (χ1) is 15.4. The van der Waals surface area contributed by atoms with Crippen LogP contribution in [0.25, 0.3) is 21.9 Å². The van der Waals surface area contributed by atoms with E-state index in [1.807, 2.05) is 42.5 Å². The van der Waals surface area contributed by atoms with Gasteiger partial charge in [-0.1, -0.05) is 64.5 Å². The number of nitrogens with one attached hydrogen (secondary N) is 1. The number of alkyl halides is 3. The lowest BCUT2D eigenvalue weighted by Crippen LogP contribution is -2.10. The first-order valence-corrected chi connectivity index (χ1v) is 10.5. The highest BCUT2D eigenvalue weighted by molar-refractivity contribution is 9.10. The van der Waals surface area contributed by atoms with Crippen molar-refractivity contribution in [3.63, 3.8) is 0 Å². The van der Waals surface area contributed by atoms with Crippen LogP contribution in [0.4, 0.5) is 18.9 Å². The Labute approximate surface area is 191 Å². The molecule has 0 fully saturated rings. The topological polar surface area (TPSA) is 38.3 Å². The van der Waals surface area contributed by atoms with E-state index >= 15 is 0 Å². The molecule has 4 aromatic carbocycles. The van der Waals surface area contributed by atoms with Crippen molar-refractivity contribution in [3.05, 3.63) is 94.5 Å². The third-order valence-electron chi connectivity index (χ3n) is 5.07. The number of hydrogen-bond donors (Lipinski definition) is 1. The lowest BCUT2D eigenvalue weighted by Gasteiger charge is -2.18. The summed E-state index contributed by atoms with van der Waals surface area (Å²) in [6, 6.07) is 22.3. The van der Waals surface area contributed by atoms with Gasteiger partial charge in [-0.2, -0.15) is 13.2 Å². The molecule has 1 amide bonds. The van der Waals surface area contributed by atoms with Gasteiger partial charge in [-0.15, -0.1) is 0 Å². The molecule has 3 nitrogen and oxygen atoms in total. The number of rotatable bonds is 6. The van der Waals surface area contributed by atoms with E-state index in [9.17, 15) is 18.0 Å². The summed E-state index contributed by atoms with van der Waals surface area (Å²) >= 11 is 3.34. The van der Waals surface area contributed by atoms with Crippen molar-refractivity contribution in [1.82, 2.24) is 0 Å². The van der Waals surface area contributed by atoms with E-state index in [1.165, 1.54) is 18.2 Å². The number of carbonyl (C=O) groups is 1. The molecule has 0 unspecified atom stereocenters. The molecular weight excluding hydrogens is 483 g/mol. The van der Waals surface area contributed by atoms with Crippen LogP contribution >= 0.6 is 15.9 Å². The molecule has 1 N–H and O–H groups in total. The highest BCUT2D eigenvalue weighted by atomic mass is 79.9.